The quantitative estimate of drug-likeness (QED) is 0.614. The van der Waals surface area contributed by atoms with E-state index in [4.69, 9.17) is 12.6 Å². The monoisotopic (exact) mass is 208 g/mol. The van der Waals surface area contributed by atoms with Gasteiger partial charge in [0.25, 0.3) is 0 Å². The zero-order valence-electron chi connectivity index (χ0n) is 7.62. The summed E-state index contributed by atoms with van der Waals surface area (Å²) in [4.78, 5) is 0. The van der Waals surface area contributed by atoms with Gasteiger partial charge in [-0.05, 0) is 11.8 Å². The second-order valence-corrected chi connectivity index (χ2v) is 3.85. The van der Waals surface area contributed by atoms with Crippen LogP contribution < -0.4 is 0 Å². The molecular weight excluding hydrogens is 188 g/mol. The highest BCUT2D eigenvalue weighted by Gasteiger charge is 2.15. The standard InChI is InChI=1S/C8H16.CH4.O3S/c1-7-5-3-4-6-8(7)2;;1-4(2)3/h7-8H,3-6H2,1-2H3;1H4;. The van der Waals surface area contributed by atoms with E-state index in [0.717, 1.165) is 11.8 Å². The van der Waals surface area contributed by atoms with E-state index < -0.39 is 10.6 Å². The Morgan fingerprint density at radius 3 is 1.31 bits per heavy atom. The normalized spacial score (nSPS) is 26.3. The Kier molecular flexibility index (Phi) is 9.56. The van der Waals surface area contributed by atoms with Crippen LogP contribution in [0.25, 0.3) is 0 Å². The summed E-state index contributed by atoms with van der Waals surface area (Å²) >= 11 is 0. The average molecular weight is 208 g/mol. The highest BCUT2D eigenvalue weighted by Crippen LogP contribution is 2.28. The van der Waals surface area contributed by atoms with Crippen molar-refractivity contribution in [3.8, 4) is 0 Å². The molecule has 0 radical (unpaired) electrons. The number of hydrogen-bond acceptors (Lipinski definition) is 3. The molecule has 0 N–H and O–H groups in total. The largest absolute Gasteiger partial charge is 0.425 e. The Balaban J connectivity index is 0. The van der Waals surface area contributed by atoms with Gasteiger partial charge in [0.05, 0.1) is 0 Å². The molecule has 0 aromatic heterocycles. The third-order valence-corrected chi connectivity index (χ3v) is 2.54. The van der Waals surface area contributed by atoms with E-state index in [2.05, 4.69) is 13.8 Å². The minimum Gasteiger partial charge on any atom is -0.142 e. The molecule has 0 heterocycles. The molecule has 2 atom stereocenters. The summed E-state index contributed by atoms with van der Waals surface area (Å²) in [7, 11) is -3.11. The molecule has 3 nitrogen and oxygen atoms in total. The molecule has 1 aliphatic carbocycles. The first-order valence-corrected chi connectivity index (χ1v) is 5.30. The van der Waals surface area contributed by atoms with Gasteiger partial charge >= 0.3 is 10.6 Å². The Hall–Kier alpha value is -0.380. The van der Waals surface area contributed by atoms with Crippen molar-refractivity contribution in [3.05, 3.63) is 0 Å². The van der Waals surface area contributed by atoms with Crippen molar-refractivity contribution in [1.82, 2.24) is 0 Å². The zero-order valence-corrected chi connectivity index (χ0v) is 8.43. The lowest BCUT2D eigenvalue weighted by Crippen LogP contribution is -2.12. The molecule has 0 aromatic rings. The second-order valence-electron chi connectivity index (χ2n) is 3.44. The third kappa shape index (κ3) is 9.53. The molecule has 80 valence electrons. The van der Waals surface area contributed by atoms with Crippen molar-refractivity contribution in [3.63, 3.8) is 0 Å². The molecule has 0 aliphatic heterocycles. The van der Waals surface area contributed by atoms with Crippen LogP contribution in [-0.4, -0.2) is 12.6 Å². The predicted molar refractivity (Wildman–Crippen MR) is 53.2 cm³/mol. The molecular formula is C9H20O3S. The SMILES string of the molecule is C.CC1CCCCC1C.O=S(=O)=O. The fourth-order valence-electron chi connectivity index (χ4n) is 1.50. The first kappa shape index (κ1) is 15.1. The molecule has 1 saturated carbocycles. The molecule has 0 aromatic carbocycles. The van der Waals surface area contributed by atoms with Gasteiger partial charge in [-0.3, -0.25) is 0 Å². The van der Waals surface area contributed by atoms with Crippen molar-refractivity contribution in [2.75, 3.05) is 0 Å². The van der Waals surface area contributed by atoms with Gasteiger partial charge in [-0.2, -0.15) is 0 Å². The van der Waals surface area contributed by atoms with Gasteiger partial charge in [0.1, 0.15) is 0 Å². The van der Waals surface area contributed by atoms with Crippen LogP contribution in [0.4, 0.5) is 0 Å². The molecule has 1 fully saturated rings. The predicted octanol–water partition coefficient (Wildman–Crippen LogP) is 2.46. The van der Waals surface area contributed by atoms with Crippen LogP contribution in [0.3, 0.4) is 0 Å². The van der Waals surface area contributed by atoms with Crippen LogP contribution in [0.2, 0.25) is 0 Å². The summed E-state index contributed by atoms with van der Waals surface area (Å²) in [5.41, 5.74) is 0. The number of rotatable bonds is 0. The van der Waals surface area contributed by atoms with Crippen LogP contribution in [-0.2, 0) is 10.6 Å². The van der Waals surface area contributed by atoms with Crippen LogP contribution in [0, 0.1) is 11.8 Å². The van der Waals surface area contributed by atoms with Crippen molar-refractivity contribution < 1.29 is 12.6 Å². The summed E-state index contributed by atoms with van der Waals surface area (Å²) in [6.45, 7) is 4.76. The molecule has 13 heavy (non-hydrogen) atoms. The summed E-state index contributed by atoms with van der Waals surface area (Å²) in [5, 5.41) is 0. The first-order valence-electron chi connectivity index (χ1n) is 4.30. The minimum atomic E-state index is -3.11. The molecule has 0 saturated heterocycles. The lowest BCUT2D eigenvalue weighted by molar-refractivity contribution is 0.277. The van der Waals surface area contributed by atoms with Crippen LogP contribution in [0.15, 0.2) is 0 Å². The van der Waals surface area contributed by atoms with Crippen molar-refractivity contribution in [2.45, 2.75) is 47.0 Å². The van der Waals surface area contributed by atoms with Gasteiger partial charge in [-0.15, -0.1) is 12.6 Å². The summed E-state index contributed by atoms with van der Waals surface area (Å²) in [6.07, 6.45) is 5.90. The highest BCUT2D eigenvalue weighted by atomic mass is 32.2. The summed E-state index contributed by atoms with van der Waals surface area (Å²) < 4.78 is 25.3. The third-order valence-electron chi connectivity index (χ3n) is 2.54. The molecule has 0 spiro atoms. The van der Waals surface area contributed by atoms with E-state index in [-0.39, 0.29) is 7.43 Å². The Labute approximate surface area is 82.6 Å². The zero-order chi connectivity index (χ0) is 9.56. The van der Waals surface area contributed by atoms with Crippen LogP contribution >= 0.6 is 0 Å². The van der Waals surface area contributed by atoms with Gasteiger partial charge in [-0.1, -0.05) is 47.0 Å². The van der Waals surface area contributed by atoms with Gasteiger partial charge in [0.15, 0.2) is 0 Å². The lowest BCUT2D eigenvalue weighted by atomic mass is 9.82. The maximum Gasteiger partial charge on any atom is 0.425 e. The van der Waals surface area contributed by atoms with E-state index >= 15 is 0 Å². The minimum absolute atomic E-state index is 0. The average Bonchev–Trinajstić information content (AvgIpc) is 1.94. The maximum atomic E-state index is 8.44. The molecule has 2 unspecified atom stereocenters. The maximum absolute atomic E-state index is 8.44. The van der Waals surface area contributed by atoms with Gasteiger partial charge < -0.3 is 0 Å². The van der Waals surface area contributed by atoms with Gasteiger partial charge in [0, 0.05) is 0 Å². The van der Waals surface area contributed by atoms with Gasteiger partial charge in [0.2, 0.25) is 0 Å². The van der Waals surface area contributed by atoms with E-state index in [9.17, 15) is 0 Å². The van der Waals surface area contributed by atoms with Crippen molar-refractivity contribution >= 4 is 10.6 Å². The molecule has 1 rings (SSSR count). The van der Waals surface area contributed by atoms with E-state index in [1.807, 2.05) is 0 Å². The van der Waals surface area contributed by atoms with Gasteiger partial charge in [-0.25, -0.2) is 0 Å². The smallest absolute Gasteiger partial charge is 0.142 e. The van der Waals surface area contributed by atoms with Crippen LogP contribution in [0.1, 0.15) is 47.0 Å². The summed E-state index contributed by atoms with van der Waals surface area (Å²) in [5.74, 6) is 2.01. The number of hydrogen-bond donors (Lipinski definition) is 0. The Bertz CT molecular complexity index is 189. The van der Waals surface area contributed by atoms with E-state index in [0.29, 0.717) is 0 Å². The Morgan fingerprint density at radius 1 is 0.923 bits per heavy atom. The lowest BCUT2D eigenvalue weighted by Gasteiger charge is -2.24. The molecule has 0 amide bonds. The highest BCUT2D eigenvalue weighted by molar-refractivity contribution is 7.59. The molecule has 0 bridgehead atoms. The van der Waals surface area contributed by atoms with E-state index in [1.54, 1.807) is 0 Å². The first-order chi connectivity index (χ1) is 5.54. The second kappa shape index (κ2) is 8.23. The Morgan fingerprint density at radius 2 is 1.15 bits per heavy atom. The fourth-order valence-corrected chi connectivity index (χ4v) is 1.50. The van der Waals surface area contributed by atoms with E-state index in [1.165, 1.54) is 25.7 Å². The summed E-state index contributed by atoms with van der Waals surface area (Å²) in [6, 6.07) is 0. The molecule has 4 heteroatoms. The topological polar surface area (TPSA) is 51.2 Å². The molecule has 1 aliphatic rings. The van der Waals surface area contributed by atoms with Crippen molar-refractivity contribution in [2.24, 2.45) is 11.8 Å². The van der Waals surface area contributed by atoms with Crippen LogP contribution in [0.5, 0.6) is 0 Å². The van der Waals surface area contributed by atoms with Crippen molar-refractivity contribution in [1.29, 1.82) is 0 Å². The fraction of sp³-hybridized carbons (Fsp3) is 1.00.